The van der Waals surface area contributed by atoms with Crippen molar-refractivity contribution in [1.29, 1.82) is 0 Å². The molecule has 0 aliphatic carbocycles. The molecule has 2 heteroatoms. The molecule has 0 aliphatic rings. The maximum absolute atomic E-state index is 3.49. The summed E-state index contributed by atoms with van der Waals surface area (Å²) in [6.45, 7) is 0. The van der Waals surface area contributed by atoms with Crippen molar-refractivity contribution in [2.75, 3.05) is 4.90 Å². The first-order valence-corrected chi connectivity index (χ1v) is 11.4. The van der Waals surface area contributed by atoms with Crippen LogP contribution in [-0.2, 0) is 0 Å². The lowest BCUT2D eigenvalue weighted by Gasteiger charge is -2.27. The Morgan fingerprint density at radius 2 is 1.06 bits per heavy atom. The van der Waals surface area contributed by atoms with Gasteiger partial charge in [0.25, 0.3) is 0 Å². The molecule has 0 aliphatic heterocycles. The number of benzene rings is 5. The van der Waals surface area contributed by atoms with Gasteiger partial charge in [-0.2, -0.15) is 0 Å². The first-order valence-electron chi connectivity index (χ1n) is 10.6. The molecular weight excluding hydrogens is 454 g/mol. The van der Waals surface area contributed by atoms with Crippen LogP contribution in [0, 0.1) is 0 Å². The van der Waals surface area contributed by atoms with Gasteiger partial charge in [0.15, 0.2) is 0 Å². The normalized spacial score (nSPS) is 11.2. The van der Waals surface area contributed by atoms with E-state index >= 15 is 0 Å². The number of para-hydroxylation sites is 1. The van der Waals surface area contributed by atoms with Crippen molar-refractivity contribution in [2.45, 2.75) is 0 Å². The van der Waals surface area contributed by atoms with Crippen LogP contribution in [0.15, 0.2) is 126 Å². The van der Waals surface area contributed by atoms with Crippen LogP contribution in [-0.4, -0.2) is 0 Å². The molecule has 0 amide bonds. The molecule has 0 bridgehead atoms. The van der Waals surface area contributed by atoms with Crippen LogP contribution in [0.25, 0.3) is 22.9 Å². The van der Waals surface area contributed by atoms with Gasteiger partial charge < -0.3 is 4.90 Å². The van der Waals surface area contributed by atoms with Crippen LogP contribution in [0.1, 0.15) is 11.1 Å². The van der Waals surface area contributed by atoms with Crippen molar-refractivity contribution in [3.05, 3.63) is 137 Å². The molecule has 154 valence electrons. The number of rotatable bonds is 5. The maximum atomic E-state index is 3.49. The quantitative estimate of drug-likeness (QED) is 0.229. The van der Waals surface area contributed by atoms with Gasteiger partial charge in [0.05, 0.1) is 5.69 Å². The molecule has 0 aromatic heterocycles. The lowest BCUT2D eigenvalue weighted by molar-refractivity contribution is 1.30. The number of nitrogens with zero attached hydrogens (tertiary/aromatic N) is 1. The van der Waals surface area contributed by atoms with E-state index < -0.39 is 0 Å². The van der Waals surface area contributed by atoms with Crippen molar-refractivity contribution >= 4 is 55.9 Å². The van der Waals surface area contributed by atoms with E-state index in [0.29, 0.717) is 0 Å². The minimum absolute atomic E-state index is 1.09. The molecule has 32 heavy (non-hydrogen) atoms. The van der Waals surface area contributed by atoms with Crippen LogP contribution in [0.4, 0.5) is 17.1 Å². The first-order chi connectivity index (χ1) is 15.8. The van der Waals surface area contributed by atoms with Gasteiger partial charge in [-0.15, -0.1) is 0 Å². The molecule has 5 aromatic rings. The zero-order chi connectivity index (χ0) is 21.8. The Bertz CT molecular complexity index is 1350. The summed E-state index contributed by atoms with van der Waals surface area (Å²) in [5.41, 5.74) is 5.80. The predicted octanol–water partition coefficient (Wildman–Crippen LogP) is 9.24. The second-order valence-electron chi connectivity index (χ2n) is 7.65. The van der Waals surface area contributed by atoms with E-state index in [1.54, 1.807) is 0 Å². The van der Waals surface area contributed by atoms with E-state index in [9.17, 15) is 0 Å². The summed E-state index contributed by atoms with van der Waals surface area (Å²) in [4.78, 5) is 2.32. The van der Waals surface area contributed by atoms with Gasteiger partial charge in [0.2, 0.25) is 0 Å². The smallest absolute Gasteiger partial charge is 0.0540 e. The molecule has 0 N–H and O–H groups in total. The SMILES string of the molecule is Brc1ccc(/C=C/c2ccc(N(c3ccccc3)c3cccc4ccccc34)cc2)cc1. The minimum atomic E-state index is 1.09. The van der Waals surface area contributed by atoms with Gasteiger partial charge in [-0.25, -0.2) is 0 Å². The molecule has 0 saturated heterocycles. The fourth-order valence-electron chi connectivity index (χ4n) is 3.91. The molecule has 5 rings (SSSR count). The average molecular weight is 476 g/mol. The van der Waals surface area contributed by atoms with Crippen molar-refractivity contribution in [3.8, 4) is 0 Å². The maximum Gasteiger partial charge on any atom is 0.0540 e. The molecular formula is C30H22BrN. The van der Waals surface area contributed by atoms with E-state index in [-0.39, 0.29) is 0 Å². The second-order valence-corrected chi connectivity index (χ2v) is 8.56. The Hall–Kier alpha value is -3.62. The van der Waals surface area contributed by atoms with Crippen LogP contribution in [0.2, 0.25) is 0 Å². The molecule has 0 spiro atoms. The molecule has 0 fully saturated rings. The summed E-state index contributed by atoms with van der Waals surface area (Å²) < 4.78 is 1.09. The third-order valence-corrected chi connectivity index (χ3v) is 6.04. The highest BCUT2D eigenvalue weighted by Gasteiger charge is 2.14. The number of fused-ring (bicyclic) bond motifs is 1. The third-order valence-electron chi connectivity index (χ3n) is 5.51. The topological polar surface area (TPSA) is 3.24 Å². The minimum Gasteiger partial charge on any atom is -0.310 e. The Labute approximate surface area is 197 Å². The van der Waals surface area contributed by atoms with Crippen LogP contribution in [0.3, 0.4) is 0 Å². The van der Waals surface area contributed by atoms with E-state index in [1.165, 1.54) is 27.6 Å². The summed E-state index contributed by atoms with van der Waals surface area (Å²) in [5, 5.41) is 2.47. The molecule has 0 unspecified atom stereocenters. The van der Waals surface area contributed by atoms with E-state index in [1.807, 2.05) is 0 Å². The van der Waals surface area contributed by atoms with Gasteiger partial charge in [-0.05, 0) is 59.0 Å². The van der Waals surface area contributed by atoms with Crippen LogP contribution in [0.5, 0.6) is 0 Å². The highest BCUT2D eigenvalue weighted by Crippen LogP contribution is 2.38. The fourth-order valence-corrected chi connectivity index (χ4v) is 4.17. The van der Waals surface area contributed by atoms with Crippen molar-refractivity contribution in [1.82, 2.24) is 0 Å². The number of anilines is 3. The molecule has 1 nitrogen and oxygen atoms in total. The number of hydrogen-bond donors (Lipinski definition) is 0. The largest absolute Gasteiger partial charge is 0.310 e. The highest BCUT2D eigenvalue weighted by atomic mass is 79.9. The third kappa shape index (κ3) is 4.37. The van der Waals surface area contributed by atoms with Crippen LogP contribution >= 0.6 is 15.9 Å². The van der Waals surface area contributed by atoms with Crippen LogP contribution < -0.4 is 4.90 Å². The lowest BCUT2D eigenvalue weighted by atomic mass is 10.1. The Kier molecular flexibility index (Phi) is 5.87. The predicted molar refractivity (Wildman–Crippen MR) is 142 cm³/mol. The molecule has 0 heterocycles. The fraction of sp³-hybridized carbons (Fsp3) is 0. The summed E-state index contributed by atoms with van der Waals surface area (Å²) >= 11 is 3.49. The van der Waals surface area contributed by atoms with Crippen molar-refractivity contribution in [3.63, 3.8) is 0 Å². The number of hydrogen-bond acceptors (Lipinski definition) is 1. The van der Waals surface area contributed by atoms with Gasteiger partial charge in [-0.3, -0.25) is 0 Å². The van der Waals surface area contributed by atoms with E-state index in [4.69, 9.17) is 0 Å². The Morgan fingerprint density at radius 1 is 0.500 bits per heavy atom. The highest BCUT2D eigenvalue weighted by molar-refractivity contribution is 9.10. The second kappa shape index (κ2) is 9.25. The summed E-state index contributed by atoms with van der Waals surface area (Å²) in [5.74, 6) is 0. The Morgan fingerprint density at radius 3 is 1.78 bits per heavy atom. The van der Waals surface area contributed by atoms with Gasteiger partial charge >= 0.3 is 0 Å². The van der Waals surface area contributed by atoms with Crippen molar-refractivity contribution in [2.24, 2.45) is 0 Å². The van der Waals surface area contributed by atoms with E-state index in [0.717, 1.165) is 15.8 Å². The summed E-state index contributed by atoms with van der Waals surface area (Å²) in [6.07, 6.45) is 4.29. The Balaban J connectivity index is 1.53. The zero-order valence-corrected chi connectivity index (χ0v) is 19.1. The average Bonchev–Trinajstić information content (AvgIpc) is 2.85. The summed E-state index contributed by atoms with van der Waals surface area (Å²) in [7, 11) is 0. The molecule has 0 radical (unpaired) electrons. The zero-order valence-electron chi connectivity index (χ0n) is 17.5. The monoisotopic (exact) mass is 475 g/mol. The molecule has 0 atom stereocenters. The molecule has 0 saturated carbocycles. The first kappa shape index (κ1) is 20.3. The van der Waals surface area contributed by atoms with Gasteiger partial charge in [-0.1, -0.05) is 107 Å². The van der Waals surface area contributed by atoms with Gasteiger partial charge in [0.1, 0.15) is 0 Å². The standard InChI is InChI=1S/C30H22BrN/c31-26-19-15-23(16-20-26)13-14-24-17-21-28(22-18-24)32(27-9-2-1-3-10-27)30-12-6-8-25-7-4-5-11-29(25)30/h1-22H/b14-13+. The van der Waals surface area contributed by atoms with E-state index in [2.05, 4.69) is 154 Å². The molecule has 5 aromatic carbocycles. The van der Waals surface area contributed by atoms with Gasteiger partial charge in [0, 0.05) is 21.2 Å². The van der Waals surface area contributed by atoms with Crippen molar-refractivity contribution < 1.29 is 0 Å². The summed E-state index contributed by atoms with van der Waals surface area (Å²) in [6, 6.07) is 42.6. The lowest BCUT2D eigenvalue weighted by Crippen LogP contribution is -2.10. The number of halogens is 1.